The molecule has 1 N–H and O–H groups in total. The highest BCUT2D eigenvalue weighted by molar-refractivity contribution is 6.08. The van der Waals surface area contributed by atoms with Crippen LogP contribution in [-0.4, -0.2) is 17.7 Å². The SMILES string of the molecule is CC(C)(C)c1cccc(C(=O)/C=C/c2ccc3c(c2)OCO3)c1O. The van der Waals surface area contributed by atoms with Crippen LogP contribution in [0.5, 0.6) is 17.2 Å². The number of hydrogen-bond acceptors (Lipinski definition) is 4. The van der Waals surface area contributed by atoms with Gasteiger partial charge in [-0.1, -0.05) is 45.0 Å². The molecule has 0 saturated heterocycles. The number of ether oxygens (including phenoxy) is 2. The van der Waals surface area contributed by atoms with E-state index in [0.29, 0.717) is 17.1 Å². The average molecular weight is 324 g/mol. The second kappa shape index (κ2) is 6.04. The maximum Gasteiger partial charge on any atom is 0.231 e. The van der Waals surface area contributed by atoms with E-state index in [1.54, 1.807) is 18.2 Å². The minimum atomic E-state index is -0.240. The van der Waals surface area contributed by atoms with Gasteiger partial charge >= 0.3 is 0 Å². The van der Waals surface area contributed by atoms with Crippen LogP contribution in [0.25, 0.3) is 6.08 Å². The Bertz CT molecular complexity index is 813. The Morgan fingerprint density at radius 3 is 2.62 bits per heavy atom. The van der Waals surface area contributed by atoms with Crippen LogP contribution in [-0.2, 0) is 5.41 Å². The maximum absolute atomic E-state index is 12.4. The lowest BCUT2D eigenvalue weighted by Gasteiger charge is -2.21. The number of allylic oxidation sites excluding steroid dienone is 1. The van der Waals surface area contributed by atoms with Crippen LogP contribution in [0, 0.1) is 0 Å². The zero-order valence-corrected chi connectivity index (χ0v) is 14.0. The molecule has 124 valence electrons. The standard InChI is InChI=1S/C20H20O4/c1-20(2,3)15-6-4-5-14(19(15)22)16(21)9-7-13-8-10-17-18(11-13)24-12-23-17/h4-11,22H,12H2,1-3H3/b9-7+. The molecule has 0 amide bonds. The zero-order chi connectivity index (χ0) is 17.3. The molecular weight excluding hydrogens is 304 g/mol. The number of phenols is 1. The van der Waals surface area contributed by atoms with E-state index in [0.717, 1.165) is 11.1 Å². The van der Waals surface area contributed by atoms with Crippen molar-refractivity contribution < 1.29 is 19.4 Å². The molecule has 1 heterocycles. The molecular formula is C20H20O4. The summed E-state index contributed by atoms with van der Waals surface area (Å²) in [5.74, 6) is 1.18. The van der Waals surface area contributed by atoms with Crippen molar-refractivity contribution in [2.24, 2.45) is 0 Å². The summed E-state index contributed by atoms with van der Waals surface area (Å²) in [5.41, 5.74) is 1.66. The molecule has 0 fully saturated rings. The number of hydrogen-bond donors (Lipinski definition) is 1. The van der Waals surface area contributed by atoms with Crippen molar-refractivity contribution in [2.45, 2.75) is 26.2 Å². The molecule has 0 atom stereocenters. The van der Waals surface area contributed by atoms with Crippen molar-refractivity contribution in [1.29, 1.82) is 0 Å². The molecule has 1 aliphatic rings. The first kappa shape index (κ1) is 16.1. The van der Waals surface area contributed by atoms with Gasteiger partial charge in [0.25, 0.3) is 0 Å². The number of fused-ring (bicyclic) bond motifs is 1. The van der Waals surface area contributed by atoms with Crippen molar-refractivity contribution >= 4 is 11.9 Å². The highest BCUT2D eigenvalue weighted by Gasteiger charge is 2.21. The Kier molecular flexibility index (Phi) is 4.06. The number of carbonyl (C=O) groups is 1. The fourth-order valence-electron chi connectivity index (χ4n) is 2.63. The maximum atomic E-state index is 12.4. The zero-order valence-electron chi connectivity index (χ0n) is 14.0. The third kappa shape index (κ3) is 3.13. The molecule has 2 aromatic carbocycles. The van der Waals surface area contributed by atoms with Crippen LogP contribution >= 0.6 is 0 Å². The Hall–Kier alpha value is -2.75. The summed E-state index contributed by atoms with van der Waals surface area (Å²) in [6, 6.07) is 10.7. The predicted molar refractivity (Wildman–Crippen MR) is 92.7 cm³/mol. The molecule has 0 saturated carbocycles. The Morgan fingerprint density at radius 1 is 1.12 bits per heavy atom. The van der Waals surface area contributed by atoms with Crippen LogP contribution in [0.2, 0.25) is 0 Å². The fourth-order valence-corrected chi connectivity index (χ4v) is 2.63. The smallest absolute Gasteiger partial charge is 0.231 e. The minimum absolute atomic E-state index is 0.0466. The first-order valence-corrected chi connectivity index (χ1v) is 7.81. The molecule has 4 heteroatoms. The Labute approximate surface area is 141 Å². The van der Waals surface area contributed by atoms with E-state index in [1.807, 2.05) is 45.0 Å². The lowest BCUT2D eigenvalue weighted by atomic mass is 9.85. The number of para-hydroxylation sites is 1. The van der Waals surface area contributed by atoms with Crippen LogP contribution in [0.15, 0.2) is 42.5 Å². The van der Waals surface area contributed by atoms with Gasteiger partial charge in [-0.2, -0.15) is 0 Å². The number of ketones is 1. The van der Waals surface area contributed by atoms with Gasteiger partial charge in [-0.05, 0) is 40.8 Å². The van der Waals surface area contributed by atoms with Crippen LogP contribution in [0.1, 0.15) is 42.3 Å². The molecule has 0 radical (unpaired) electrons. The third-order valence-electron chi connectivity index (χ3n) is 3.93. The van der Waals surface area contributed by atoms with E-state index in [4.69, 9.17) is 9.47 Å². The number of rotatable bonds is 3. The summed E-state index contributed by atoms with van der Waals surface area (Å²) in [5, 5.41) is 10.4. The predicted octanol–water partition coefficient (Wildman–Crippen LogP) is 4.31. The minimum Gasteiger partial charge on any atom is -0.507 e. The largest absolute Gasteiger partial charge is 0.507 e. The van der Waals surface area contributed by atoms with Crippen molar-refractivity contribution in [3.8, 4) is 17.2 Å². The van der Waals surface area contributed by atoms with Gasteiger partial charge in [0.05, 0.1) is 5.56 Å². The van der Waals surface area contributed by atoms with E-state index in [9.17, 15) is 9.90 Å². The molecule has 2 aromatic rings. The molecule has 0 aromatic heterocycles. The van der Waals surface area contributed by atoms with Crippen molar-refractivity contribution in [3.63, 3.8) is 0 Å². The molecule has 24 heavy (non-hydrogen) atoms. The number of benzene rings is 2. The highest BCUT2D eigenvalue weighted by atomic mass is 16.7. The van der Waals surface area contributed by atoms with Gasteiger partial charge in [-0.25, -0.2) is 0 Å². The average Bonchev–Trinajstić information content (AvgIpc) is 2.99. The summed E-state index contributed by atoms with van der Waals surface area (Å²) >= 11 is 0. The van der Waals surface area contributed by atoms with Gasteiger partial charge in [0.2, 0.25) is 6.79 Å². The third-order valence-corrected chi connectivity index (χ3v) is 3.93. The van der Waals surface area contributed by atoms with E-state index < -0.39 is 0 Å². The monoisotopic (exact) mass is 324 g/mol. The van der Waals surface area contributed by atoms with Crippen molar-refractivity contribution in [3.05, 3.63) is 59.2 Å². The molecule has 0 unspecified atom stereocenters. The summed E-state index contributed by atoms with van der Waals surface area (Å²) in [6.45, 7) is 6.21. The lowest BCUT2D eigenvalue weighted by molar-refractivity contribution is 0.104. The van der Waals surface area contributed by atoms with Crippen molar-refractivity contribution in [2.75, 3.05) is 6.79 Å². The number of carbonyl (C=O) groups excluding carboxylic acids is 1. The van der Waals surface area contributed by atoms with Gasteiger partial charge in [0.1, 0.15) is 5.75 Å². The second-order valence-electron chi connectivity index (χ2n) is 6.76. The molecule has 0 aliphatic carbocycles. The topological polar surface area (TPSA) is 55.8 Å². The van der Waals surface area contributed by atoms with Gasteiger partial charge in [-0.3, -0.25) is 4.79 Å². The van der Waals surface area contributed by atoms with E-state index >= 15 is 0 Å². The second-order valence-corrected chi connectivity index (χ2v) is 6.76. The van der Waals surface area contributed by atoms with Gasteiger partial charge < -0.3 is 14.6 Å². The van der Waals surface area contributed by atoms with Crippen LogP contribution in [0.4, 0.5) is 0 Å². The van der Waals surface area contributed by atoms with Crippen LogP contribution < -0.4 is 9.47 Å². The lowest BCUT2D eigenvalue weighted by Crippen LogP contribution is -2.12. The summed E-state index contributed by atoms with van der Waals surface area (Å²) in [4.78, 5) is 12.4. The summed E-state index contributed by atoms with van der Waals surface area (Å²) in [7, 11) is 0. The number of aromatic hydroxyl groups is 1. The van der Waals surface area contributed by atoms with Gasteiger partial charge in [0.15, 0.2) is 17.3 Å². The van der Waals surface area contributed by atoms with E-state index in [-0.39, 0.29) is 23.7 Å². The Morgan fingerprint density at radius 2 is 1.88 bits per heavy atom. The Balaban J connectivity index is 1.85. The number of phenolic OH excluding ortho intramolecular Hbond substituents is 1. The molecule has 0 bridgehead atoms. The van der Waals surface area contributed by atoms with E-state index in [2.05, 4.69) is 0 Å². The van der Waals surface area contributed by atoms with Gasteiger partial charge in [-0.15, -0.1) is 0 Å². The first-order chi connectivity index (χ1) is 11.4. The molecule has 3 rings (SSSR count). The molecule has 4 nitrogen and oxygen atoms in total. The normalized spacial score (nSPS) is 13.5. The molecule has 0 spiro atoms. The first-order valence-electron chi connectivity index (χ1n) is 7.81. The quantitative estimate of drug-likeness (QED) is 0.675. The van der Waals surface area contributed by atoms with Crippen LogP contribution in [0.3, 0.4) is 0 Å². The summed E-state index contributed by atoms with van der Waals surface area (Å²) < 4.78 is 10.6. The highest BCUT2D eigenvalue weighted by Crippen LogP contribution is 2.34. The fraction of sp³-hybridized carbons (Fsp3) is 0.250. The van der Waals surface area contributed by atoms with Crippen molar-refractivity contribution in [1.82, 2.24) is 0 Å². The van der Waals surface area contributed by atoms with E-state index in [1.165, 1.54) is 6.08 Å². The summed E-state index contributed by atoms with van der Waals surface area (Å²) in [6.07, 6.45) is 3.16. The molecule has 1 aliphatic heterocycles. The van der Waals surface area contributed by atoms with Gasteiger partial charge in [0, 0.05) is 0 Å².